The van der Waals surface area contributed by atoms with Crippen LogP contribution in [0, 0.1) is 0 Å². The Hall–Kier alpha value is -0.150. The van der Waals surface area contributed by atoms with E-state index in [2.05, 4.69) is 0 Å². The van der Waals surface area contributed by atoms with Gasteiger partial charge in [0.05, 0.1) is 4.90 Å². The molecule has 0 unspecified atom stereocenters. The summed E-state index contributed by atoms with van der Waals surface area (Å²) in [6, 6.07) is 0. The van der Waals surface area contributed by atoms with Gasteiger partial charge in [0.15, 0.2) is 5.75 Å². The fourth-order valence-electron chi connectivity index (χ4n) is 0.456. The number of hydrogen-bond acceptors (Lipinski definition) is 3. The Labute approximate surface area is 51.4 Å². The van der Waals surface area contributed by atoms with Crippen LogP contribution in [0.15, 0.2) is 10.3 Å². The van der Waals surface area contributed by atoms with Crippen molar-refractivity contribution in [3.63, 3.8) is 0 Å². The highest BCUT2D eigenvalue weighted by Crippen LogP contribution is 2.55. The minimum absolute atomic E-state index is 0.926. The number of hydrogen-bond donors (Lipinski definition) is 1. The Bertz CT molecular complexity index is 220. The summed E-state index contributed by atoms with van der Waals surface area (Å²) in [5.74, 6) is 0.926. The Morgan fingerprint density at radius 2 is 3.00 bits per heavy atom. The van der Waals surface area contributed by atoms with Crippen molar-refractivity contribution in [1.82, 2.24) is 0 Å². The molecule has 36 valence electrons. The van der Waals surface area contributed by atoms with Gasteiger partial charge < -0.3 is 4.74 Å². The molecule has 0 amide bonds. The van der Waals surface area contributed by atoms with Gasteiger partial charge in [-0.2, -0.15) is 0 Å². The summed E-state index contributed by atoms with van der Waals surface area (Å²) in [5, 5.41) is 2.92. The molecule has 2 heterocycles. The van der Waals surface area contributed by atoms with Gasteiger partial charge in [0.25, 0.3) is 0 Å². The largest absolute Gasteiger partial charge is 0.437 e. The first-order valence-corrected chi connectivity index (χ1v) is 3.13. The summed E-state index contributed by atoms with van der Waals surface area (Å²) in [4.78, 5) is 0.949. The zero-order valence-electron chi connectivity index (χ0n) is 4.30. The highest BCUT2D eigenvalue weighted by atomic mass is 32.1. The second kappa shape index (κ2) is 0.980. The molecule has 0 atom stereocenters. The minimum Gasteiger partial charge on any atom is -0.437 e. The molecule has 0 aliphatic carbocycles. The minimum atomic E-state index is 0.926. The summed E-state index contributed by atoms with van der Waals surface area (Å²) >= 11 is 2.55. The molecule has 0 N–H and O–H groups in total. The van der Waals surface area contributed by atoms with Crippen molar-refractivity contribution >= 4 is 23.9 Å². The number of rotatable bonds is 1. The number of thiophene rings is 1. The third kappa shape index (κ3) is 0.393. The van der Waals surface area contributed by atoms with Crippen molar-refractivity contribution < 1.29 is 4.74 Å². The van der Waals surface area contributed by atoms with Gasteiger partial charge in [-0.1, -0.05) is 0 Å². The smallest absolute Gasteiger partial charge is 0.225 e. The Balaban J connectivity index is 2.48. The average molecular weight is 131 g/mol. The average Bonchev–Trinajstić information content (AvgIpc) is 2.46. The van der Waals surface area contributed by atoms with Crippen LogP contribution in [0.5, 0.6) is 10.8 Å². The first-order valence-electron chi connectivity index (χ1n) is 2.25. The number of ether oxygens (including phenoxy) is 1. The topological polar surface area (TPSA) is 12.5 Å². The molecular formula is C4H2OS2. The van der Waals surface area contributed by atoms with Gasteiger partial charge in [0.2, 0.25) is 5.06 Å². The SMILES string of the molecule is [2H]Sc1csc2c1O2. The van der Waals surface area contributed by atoms with Crippen LogP contribution in [0.1, 0.15) is 0 Å². The standard InChI is InChI=1S/C4H2OS2/c6-2-1-7-4-3(2)5-4/h1,6H/i/hD. The van der Waals surface area contributed by atoms with E-state index in [4.69, 9.17) is 5.86 Å². The molecule has 1 aliphatic heterocycles. The van der Waals surface area contributed by atoms with E-state index in [1.807, 2.05) is 5.38 Å². The lowest BCUT2D eigenvalue weighted by molar-refractivity contribution is 0.646. The molecular weight excluding hydrogens is 128 g/mol. The third-order valence-electron chi connectivity index (χ3n) is 0.835. The van der Waals surface area contributed by atoms with E-state index in [0.29, 0.717) is 0 Å². The van der Waals surface area contributed by atoms with Crippen LogP contribution in [-0.2, 0) is 0 Å². The van der Waals surface area contributed by atoms with Gasteiger partial charge in [-0.3, -0.25) is 0 Å². The molecule has 0 spiro atoms. The van der Waals surface area contributed by atoms with Crippen LogP contribution in [0.3, 0.4) is 0 Å². The fraction of sp³-hybridized carbons (Fsp3) is 0. The molecule has 1 aliphatic rings. The summed E-state index contributed by atoms with van der Waals surface area (Å²) in [6.07, 6.45) is 0. The quantitative estimate of drug-likeness (QED) is 0.462. The summed E-state index contributed by atoms with van der Waals surface area (Å²) in [5.41, 5.74) is 0. The van der Waals surface area contributed by atoms with Crippen molar-refractivity contribution in [3.05, 3.63) is 5.38 Å². The Kier molecular flexibility index (Phi) is 0.419. The fourth-order valence-corrected chi connectivity index (χ4v) is 1.47. The van der Waals surface area contributed by atoms with Crippen molar-refractivity contribution in [3.8, 4) is 10.8 Å². The zero-order chi connectivity index (χ0) is 5.56. The molecule has 3 heteroatoms. The lowest BCUT2D eigenvalue weighted by Crippen LogP contribution is -1.49. The molecule has 0 saturated heterocycles. The summed E-state index contributed by atoms with van der Waals surface area (Å²) in [7, 11) is 0. The molecule has 0 aromatic carbocycles. The predicted molar refractivity (Wildman–Crippen MR) is 31.6 cm³/mol. The lowest BCUT2D eigenvalue weighted by atomic mass is 10.7. The van der Waals surface area contributed by atoms with E-state index < -0.39 is 0 Å². The maximum atomic E-state index is 6.88. The van der Waals surface area contributed by atoms with Gasteiger partial charge in [-0.15, -0.1) is 23.9 Å². The van der Waals surface area contributed by atoms with Crippen LogP contribution in [0.4, 0.5) is 0 Å². The molecule has 0 radical (unpaired) electrons. The molecule has 2 rings (SSSR count). The maximum absolute atomic E-state index is 6.88. The number of thiol groups is 1. The Morgan fingerprint density at radius 3 is 3.29 bits per heavy atom. The van der Waals surface area contributed by atoms with Crippen LogP contribution in [-0.4, -0.2) is 1.12 Å². The molecule has 1 aromatic heterocycles. The van der Waals surface area contributed by atoms with Gasteiger partial charge in [0.1, 0.15) is 1.12 Å². The number of fused-ring (bicyclic) bond motifs is 1. The highest BCUT2D eigenvalue weighted by molar-refractivity contribution is 7.80. The first-order chi connectivity index (χ1) is 3.92. The zero-order valence-corrected chi connectivity index (χ0v) is 4.94. The van der Waals surface area contributed by atoms with Crippen molar-refractivity contribution in [2.75, 3.05) is 0 Å². The first kappa shape index (κ1) is 2.99. The van der Waals surface area contributed by atoms with E-state index in [1.54, 1.807) is 11.3 Å². The highest BCUT2D eigenvalue weighted by Gasteiger charge is 2.25. The van der Waals surface area contributed by atoms with Gasteiger partial charge in [0, 0.05) is 5.38 Å². The molecule has 0 fully saturated rings. The Morgan fingerprint density at radius 1 is 2.00 bits per heavy atom. The van der Waals surface area contributed by atoms with Crippen LogP contribution >= 0.6 is 23.9 Å². The van der Waals surface area contributed by atoms with Gasteiger partial charge in [-0.25, -0.2) is 0 Å². The van der Waals surface area contributed by atoms with E-state index in [0.717, 1.165) is 28.2 Å². The summed E-state index contributed by atoms with van der Waals surface area (Å²) < 4.78 is 11.8. The van der Waals surface area contributed by atoms with Gasteiger partial charge in [-0.05, 0) is 0 Å². The van der Waals surface area contributed by atoms with Crippen molar-refractivity contribution in [2.45, 2.75) is 4.90 Å². The van der Waals surface area contributed by atoms with Crippen LogP contribution in [0.25, 0.3) is 0 Å². The summed E-state index contributed by atoms with van der Waals surface area (Å²) in [6.45, 7) is 0. The van der Waals surface area contributed by atoms with E-state index >= 15 is 0 Å². The molecule has 1 aromatic rings. The van der Waals surface area contributed by atoms with E-state index in [-0.39, 0.29) is 0 Å². The molecule has 1 nitrogen and oxygen atoms in total. The molecule has 0 saturated carbocycles. The van der Waals surface area contributed by atoms with Crippen molar-refractivity contribution in [2.24, 2.45) is 0 Å². The van der Waals surface area contributed by atoms with Crippen LogP contribution in [0.2, 0.25) is 0 Å². The third-order valence-corrected chi connectivity index (χ3v) is 2.12. The molecule has 0 bridgehead atoms. The monoisotopic (exact) mass is 131 g/mol. The van der Waals surface area contributed by atoms with E-state index in [1.165, 1.54) is 0 Å². The maximum Gasteiger partial charge on any atom is 0.225 e. The van der Waals surface area contributed by atoms with E-state index in [9.17, 15) is 0 Å². The second-order valence-corrected chi connectivity index (χ2v) is 2.60. The van der Waals surface area contributed by atoms with Crippen LogP contribution < -0.4 is 4.74 Å². The normalized spacial score (nSPS) is 14.6. The molecule has 7 heavy (non-hydrogen) atoms. The predicted octanol–water partition coefficient (Wildman–Crippen LogP) is 2.14. The second-order valence-electron chi connectivity index (χ2n) is 1.32. The lowest BCUT2D eigenvalue weighted by Gasteiger charge is -1.73. The van der Waals surface area contributed by atoms with Crippen molar-refractivity contribution in [1.29, 1.82) is 1.12 Å². The van der Waals surface area contributed by atoms with Gasteiger partial charge >= 0.3 is 0 Å².